The molecule has 1 aliphatic heterocycles. The smallest absolute Gasteiger partial charge is 0.209 e. The highest BCUT2D eigenvalue weighted by molar-refractivity contribution is 6.02. The molecular weight excluding hydrogens is 464 g/mol. The summed E-state index contributed by atoms with van der Waals surface area (Å²) in [6.45, 7) is 0. The highest BCUT2D eigenvalue weighted by atomic mass is 16.5. The van der Waals surface area contributed by atoms with Crippen molar-refractivity contribution in [3.63, 3.8) is 0 Å². The van der Waals surface area contributed by atoms with E-state index < -0.39 is 0 Å². The normalized spacial score (nSPS) is 19.0. The lowest BCUT2D eigenvalue weighted by Gasteiger charge is -2.36. The molecule has 184 valence electrons. The Morgan fingerprint density at radius 3 is 2.62 bits per heavy atom. The van der Waals surface area contributed by atoms with Crippen LogP contribution < -0.4 is 14.8 Å². The number of nitrogens with zero attached hydrogens (tertiary/aromatic N) is 2. The van der Waals surface area contributed by atoms with Gasteiger partial charge in [0.2, 0.25) is 5.95 Å². The molecule has 0 saturated carbocycles. The third-order valence-electron chi connectivity index (χ3n) is 7.69. The molecule has 2 aromatic heterocycles. The lowest BCUT2D eigenvalue weighted by molar-refractivity contribution is -0.116. The summed E-state index contributed by atoms with van der Waals surface area (Å²) in [5.41, 5.74) is 6.84. The van der Waals surface area contributed by atoms with Crippen LogP contribution in [-0.4, -0.2) is 34.5 Å². The number of para-hydroxylation sites is 3. The lowest BCUT2D eigenvalue weighted by atomic mass is 9.77. The Hall–Kier alpha value is -4.52. The fourth-order valence-corrected chi connectivity index (χ4v) is 5.98. The molecule has 2 N–H and O–H groups in total. The minimum absolute atomic E-state index is 0.0260. The maximum atomic E-state index is 14.0. The molecule has 0 fully saturated rings. The van der Waals surface area contributed by atoms with Crippen molar-refractivity contribution in [2.75, 3.05) is 19.5 Å². The van der Waals surface area contributed by atoms with Gasteiger partial charge in [-0.15, -0.1) is 0 Å². The summed E-state index contributed by atoms with van der Waals surface area (Å²) in [6.07, 6.45) is 3.17. The van der Waals surface area contributed by atoms with E-state index in [1.54, 1.807) is 14.2 Å². The van der Waals surface area contributed by atoms with Crippen LogP contribution in [0.25, 0.3) is 21.9 Å². The molecule has 0 bridgehead atoms. The van der Waals surface area contributed by atoms with Gasteiger partial charge in [0.05, 0.1) is 31.3 Å². The highest BCUT2D eigenvalue weighted by Crippen LogP contribution is 2.47. The quantitative estimate of drug-likeness (QED) is 0.325. The molecule has 37 heavy (non-hydrogen) atoms. The number of H-pyrrole nitrogens is 1. The van der Waals surface area contributed by atoms with Crippen LogP contribution in [0.15, 0.2) is 84.2 Å². The van der Waals surface area contributed by atoms with Crippen molar-refractivity contribution in [3.05, 3.63) is 95.3 Å². The number of fused-ring (bicyclic) bond motifs is 4. The van der Waals surface area contributed by atoms with E-state index in [9.17, 15) is 4.79 Å². The second kappa shape index (κ2) is 8.27. The molecule has 3 heterocycles. The van der Waals surface area contributed by atoms with Crippen molar-refractivity contribution in [3.8, 4) is 11.5 Å². The topological polar surface area (TPSA) is 81.2 Å². The van der Waals surface area contributed by atoms with Gasteiger partial charge >= 0.3 is 0 Å². The second-order valence-electron chi connectivity index (χ2n) is 9.65. The van der Waals surface area contributed by atoms with E-state index in [0.717, 1.165) is 50.3 Å². The fourth-order valence-electron chi connectivity index (χ4n) is 5.98. The third kappa shape index (κ3) is 3.27. The van der Waals surface area contributed by atoms with Gasteiger partial charge in [0.1, 0.15) is 0 Å². The number of allylic oxidation sites excluding steroid dienone is 2. The van der Waals surface area contributed by atoms with Crippen LogP contribution in [0, 0.1) is 0 Å². The van der Waals surface area contributed by atoms with Crippen molar-refractivity contribution in [1.29, 1.82) is 0 Å². The molecule has 2 aliphatic rings. The third-order valence-corrected chi connectivity index (χ3v) is 7.69. The van der Waals surface area contributed by atoms with Crippen LogP contribution >= 0.6 is 0 Å². The largest absolute Gasteiger partial charge is 0.493 e. The van der Waals surface area contributed by atoms with Crippen molar-refractivity contribution in [2.24, 2.45) is 0 Å². The number of nitrogens with one attached hydrogen (secondary N) is 2. The van der Waals surface area contributed by atoms with E-state index in [2.05, 4.69) is 33.1 Å². The number of imidazole rings is 1. The predicted molar refractivity (Wildman–Crippen MR) is 143 cm³/mol. The Kier molecular flexibility index (Phi) is 4.86. The molecule has 3 aromatic carbocycles. The van der Waals surface area contributed by atoms with Gasteiger partial charge in [-0.2, -0.15) is 0 Å². The summed E-state index contributed by atoms with van der Waals surface area (Å²) < 4.78 is 13.1. The Morgan fingerprint density at radius 2 is 1.76 bits per heavy atom. The van der Waals surface area contributed by atoms with E-state index in [-0.39, 0.29) is 17.7 Å². The summed E-state index contributed by atoms with van der Waals surface area (Å²) in [4.78, 5) is 22.3. The number of ether oxygens (including phenoxy) is 2. The highest BCUT2D eigenvalue weighted by Gasteiger charge is 2.40. The zero-order chi connectivity index (χ0) is 25.1. The SMILES string of the molecule is COc1ccc(C2CC(=O)C3=C(C2)Nc2nc4ccccc4n2C3c2c[nH]c3ccccc23)cc1OC. The molecule has 0 spiro atoms. The van der Waals surface area contributed by atoms with Crippen LogP contribution in [0.3, 0.4) is 0 Å². The van der Waals surface area contributed by atoms with Gasteiger partial charge in [0.25, 0.3) is 0 Å². The lowest BCUT2D eigenvalue weighted by Crippen LogP contribution is -2.33. The van der Waals surface area contributed by atoms with Gasteiger partial charge in [0.15, 0.2) is 17.3 Å². The molecule has 2 atom stereocenters. The minimum atomic E-state index is -0.270. The van der Waals surface area contributed by atoms with Crippen LogP contribution in [0.4, 0.5) is 5.95 Å². The number of hydrogen-bond donors (Lipinski definition) is 2. The maximum Gasteiger partial charge on any atom is 0.209 e. The minimum Gasteiger partial charge on any atom is -0.493 e. The number of carbonyl (C=O) groups is 1. The van der Waals surface area contributed by atoms with Gasteiger partial charge in [-0.3, -0.25) is 9.36 Å². The predicted octanol–water partition coefficient (Wildman–Crippen LogP) is 5.95. The maximum absolute atomic E-state index is 14.0. The second-order valence-corrected chi connectivity index (χ2v) is 9.65. The first-order valence-electron chi connectivity index (χ1n) is 12.4. The summed E-state index contributed by atoms with van der Waals surface area (Å²) >= 11 is 0. The van der Waals surface area contributed by atoms with Crippen LogP contribution in [0.2, 0.25) is 0 Å². The number of aromatic nitrogens is 3. The number of rotatable bonds is 4. The van der Waals surface area contributed by atoms with Crippen molar-refractivity contribution < 1.29 is 14.3 Å². The fraction of sp³-hybridized carbons (Fsp3) is 0.200. The van der Waals surface area contributed by atoms with Crippen molar-refractivity contribution in [1.82, 2.24) is 14.5 Å². The van der Waals surface area contributed by atoms with Crippen LogP contribution in [0.5, 0.6) is 11.5 Å². The van der Waals surface area contributed by atoms with Crippen molar-refractivity contribution >= 4 is 33.7 Å². The number of benzene rings is 3. The number of anilines is 1. The number of carbonyl (C=O) groups excluding carboxylic acids is 1. The number of ketones is 1. The zero-order valence-electron chi connectivity index (χ0n) is 20.6. The van der Waals surface area contributed by atoms with Gasteiger partial charge in [-0.25, -0.2) is 4.98 Å². The van der Waals surface area contributed by atoms with Crippen molar-refractivity contribution in [2.45, 2.75) is 24.8 Å². The standard InChI is InChI=1S/C30H26N4O3/c1-36-26-12-11-17(15-27(26)37-2)18-13-23-28(25(35)14-18)29(20-16-31-21-8-4-3-7-19(20)21)34-24-10-6-5-9-22(24)32-30(34)33-23/h3-12,15-16,18,29,31H,13-14H2,1-2H3,(H,32,33). The summed E-state index contributed by atoms with van der Waals surface area (Å²) in [6, 6.07) is 22.0. The first-order valence-corrected chi connectivity index (χ1v) is 12.4. The Balaban J connectivity index is 1.39. The first kappa shape index (κ1) is 21.7. The molecule has 5 aromatic rings. The number of aromatic amines is 1. The molecule has 7 rings (SSSR count). The average Bonchev–Trinajstić information content (AvgIpc) is 3.52. The van der Waals surface area contributed by atoms with E-state index in [1.807, 2.05) is 54.7 Å². The van der Waals surface area contributed by atoms with Gasteiger partial charge < -0.3 is 19.8 Å². The van der Waals surface area contributed by atoms with Crippen LogP contribution in [-0.2, 0) is 4.79 Å². The average molecular weight is 491 g/mol. The monoisotopic (exact) mass is 490 g/mol. The summed E-state index contributed by atoms with van der Waals surface area (Å²) in [5.74, 6) is 2.28. The molecule has 0 radical (unpaired) electrons. The molecule has 1 aliphatic carbocycles. The molecule has 0 amide bonds. The molecular formula is C30H26N4O3. The molecule has 7 nitrogen and oxygen atoms in total. The molecule has 7 heteroatoms. The Labute approximate surface area is 213 Å². The van der Waals surface area contributed by atoms with E-state index in [0.29, 0.717) is 24.3 Å². The number of hydrogen-bond acceptors (Lipinski definition) is 5. The van der Waals surface area contributed by atoms with E-state index in [4.69, 9.17) is 14.5 Å². The number of Topliss-reactive ketones (excluding diaryl/α,β-unsaturated/α-hetero) is 1. The summed E-state index contributed by atoms with van der Waals surface area (Å²) in [5, 5.41) is 4.67. The Bertz CT molecular complexity index is 1730. The first-order chi connectivity index (χ1) is 18.2. The Morgan fingerprint density at radius 1 is 0.946 bits per heavy atom. The van der Waals surface area contributed by atoms with E-state index >= 15 is 0 Å². The van der Waals surface area contributed by atoms with Gasteiger partial charge in [0, 0.05) is 40.4 Å². The summed E-state index contributed by atoms with van der Waals surface area (Å²) in [7, 11) is 3.26. The van der Waals surface area contributed by atoms with Crippen LogP contribution in [0.1, 0.15) is 35.9 Å². The van der Waals surface area contributed by atoms with Gasteiger partial charge in [-0.1, -0.05) is 36.4 Å². The number of methoxy groups -OCH3 is 2. The molecule has 0 saturated heterocycles. The van der Waals surface area contributed by atoms with Gasteiger partial charge in [-0.05, 0) is 48.2 Å². The zero-order valence-corrected chi connectivity index (χ0v) is 20.6. The molecule has 2 unspecified atom stereocenters. The van der Waals surface area contributed by atoms with E-state index in [1.165, 1.54) is 0 Å².